The van der Waals surface area contributed by atoms with E-state index in [2.05, 4.69) is 9.98 Å². The van der Waals surface area contributed by atoms with Crippen LogP contribution in [-0.2, 0) is 14.3 Å². The molecule has 8 nitrogen and oxygen atoms in total. The largest absolute Gasteiger partial charge is 0.482 e. The van der Waals surface area contributed by atoms with Crippen LogP contribution in [0.25, 0.3) is 11.6 Å². The lowest BCUT2D eigenvalue weighted by atomic mass is 10.0. The predicted octanol–water partition coefficient (Wildman–Crippen LogP) is 1.36. The molecule has 0 atom stereocenters. The summed E-state index contributed by atoms with van der Waals surface area (Å²) < 4.78 is 10.2. The molecule has 1 amide bonds. The van der Waals surface area contributed by atoms with Crippen LogP contribution in [0.3, 0.4) is 0 Å². The second-order valence-electron chi connectivity index (χ2n) is 5.31. The molecule has 0 aliphatic carbocycles. The zero-order valence-electron chi connectivity index (χ0n) is 14.8. The van der Waals surface area contributed by atoms with E-state index in [4.69, 9.17) is 20.9 Å². The summed E-state index contributed by atoms with van der Waals surface area (Å²) in [5.74, 6) is -0.934. The Morgan fingerprint density at radius 1 is 1.22 bits per heavy atom. The molecule has 2 rings (SSSR count). The second-order valence-corrected chi connectivity index (χ2v) is 5.31. The maximum absolute atomic E-state index is 12.4. The van der Waals surface area contributed by atoms with Crippen LogP contribution in [0.1, 0.15) is 18.1 Å². The number of hydrogen-bond donors (Lipinski definition) is 2. The number of carbonyl (C=O) groups excluding carboxylic acids is 2. The maximum Gasteiger partial charge on any atom is 0.344 e. The Morgan fingerprint density at radius 3 is 2.70 bits per heavy atom. The molecular weight excluding hydrogens is 348 g/mol. The first-order chi connectivity index (χ1) is 13.0. The second kappa shape index (κ2) is 9.71. The molecule has 0 spiro atoms. The third kappa shape index (κ3) is 6.28. The number of rotatable bonds is 7. The summed E-state index contributed by atoms with van der Waals surface area (Å²) in [4.78, 5) is 31.4. The van der Waals surface area contributed by atoms with Crippen molar-refractivity contribution in [3.05, 3.63) is 59.9 Å². The molecule has 0 fully saturated rings. The predicted molar refractivity (Wildman–Crippen MR) is 101 cm³/mol. The number of benzene rings is 1. The van der Waals surface area contributed by atoms with Gasteiger partial charge in [-0.15, -0.1) is 0 Å². The van der Waals surface area contributed by atoms with Gasteiger partial charge in [-0.05, 0) is 36.8 Å². The summed E-state index contributed by atoms with van der Waals surface area (Å²) in [6, 6.07) is 10.3. The Balaban J connectivity index is 2.31. The van der Waals surface area contributed by atoms with Gasteiger partial charge in [0.15, 0.2) is 12.6 Å². The number of nitrogens with zero attached hydrogens (tertiary/aromatic N) is 2. The zero-order valence-corrected chi connectivity index (χ0v) is 14.8. The van der Waals surface area contributed by atoms with Gasteiger partial charge in [0.05, 0.1) is 12.2 Å². The van der Waals surface area contributed by atoms with Crippen LogP contribution in [0.2, 0.25) is 0 Å². The first-order valence-corrected chi connectivity index (χ1v) is 8.14. The monoisotopic (exact) mass is 368 g/mol. The van der Waals surface area contributed by atoms with E-state index >= 15 is 0 Å². The third-order valence-electron chi connectivity index (χ3n) is 3.26. The van der Waals surface area contributed by atoms with Gasteiger partial charge in [-0.25, -0.2) is 4.79 Å². The summed E-state index contributed by atoms with van der Waals surface area (Å²) in [5.41, 5.74) is 12.1. The van der Waals surface area contributed by atoms with E-state index < -0.39 is 11.9 Å². The molecule has 8 heteroatoms. The van der Waals surface area contributed by atoms with Crippen molar-refractivity contribution < 1.29 is 19.1 Å². The molecule has 4 N–H and O–H groups in total. The number of nitrogens with two attached hydrogens (primary N) is 2. The fourth-order valence-electron chi connectivity index (χ4n) is 2.17. The summed E-state index contributed by atoms with van der Waals surface area (Å²) in [5, 5.41) is 0. The van der Waals surface area contributed by atoms with Gasteiger partial charge in [0.2, 0.25) is 0 Å². The minimum Gasteiger partial charge on any atom is -0.482 e. The van der Waals surface area contributed by atoms with Gasteiger partial charge in [-0.2, -0.15) is 4.99 Å². The fraction of sp³-hybridized carbons (Fsp3) is 0.158. The number of guanidine groups is 1. The zero-order chi connectivity index (χ0) is 19.6. The molecule has 27 heavy (non-hydrogen) atoms. The van der Waals surface area contributed by atoms with E-state index in [0.717, 1.165) is 0 Å². The SMILES string of the molecule is CCOC(=O)COc1cccc(/C=C(/C(=O)N=C(N)N)c2cccnc2)c1. The molecule has 140 valence electrons. The molecule has 0 aliphatic heterocycles. The number of esters is 1. The Kier molecular flexibility index (Phi) is 7.07. The van der Waals surface area contributed by atoms with Gasteiger partial charge >= 0.3 is 5.97 Å². The molecule has 1 heterocycles. The molecular formula is C19H20N4O4. The maximum atomic E-state index is 12.4. The molecule has 0 radical (unpaired) electrons. The number of aromatic nitrogens is 1. The normalized spacial score (nSPS) is 10.8. The molecule has 1 aromatic heterocycles. The summed E-state index contributed by atoms with van der Waals surface area (Å²) in [6.45, 7) is 1.80. The van der Waals surface area contributed by atoms with Crippen molar-refractivity contribution in [2.45, 2.75) is 6.92 Å². The van der Waals surface area contributed by atoms with E-state index in [-0.39, 0.29) is 24.7 Å². The van der Waals surface area contributed by atoms with Crippen LogP contribution in [0.15, 0.2) is 53.8 Å². The summed E-state index contributed by atoms with van der Waals surface area (Å²) >= 11 is 0. The van der Waals surface area contributed by atoms with Gasteiger partial charge in [0.1, 0.15) is 5.75 Å². The van der Waals surface area contributed by atoms with Crippen LogP contribution in [0.5, 0.6) is 5.75 Å². The van der Waals surface area contributed by atoms with Gasteiger partial charge in [-0.3, -0.25) is 9.78 Å². The van der Waals surface area contributed by atoms with Crippen LogP contribution < -0.4 is 16.2 Å². The molecule has 1 aromatic carbocycles. The standard InChI is InChI=1S/C19H20N4O4/c1-2-26-17(24)12-27-15-7-3-5-13(9-15)10-16(18(25)23-19(20)21)14-6-4-8-22-11-14/h3-11H,2,12H2,1H3,(H4,20,21,23,25)/b16-10+. The average Bonchev–Trinajstić information content (AvgIpc) is 2.65. The molecule has 0 saturated heterocycles. The van der Waals surface area contributed by atoms with Gasteiger partial charge in [-0.1, -0.05) is 18.2 Å². The highest BCUT2D eigenvalue weighted by atomic mass is 16.6. The minimum atomic E-state index is -0.596. The number of amides is 1. The molecule has 0 bridgehead atoms. The topological polar surface area (TPSA) is 130 Å². The Labute approximate surface area is 156 Å². The van der Waals surface area contributed by atoms with E-state index in [9.17, 15) is 9.59 Å². The highest BCUT2D eigenvalue weighted by Crippen LogP contribution is 2.22. The smallest absolute Gasteiger partial charge is 0.344 e. The van der Waals surface area contributed by atoms with Crippen molar-refractivity contribution in [1.82, 2.24) is 4.98 Å². The van der Waals surface area contributed by atoms with Crippen molar-refractivity contribution >= 4 is 29.5 Å². The van der Waals surface area contributed by atoms with Gasteiger partial charge in [0.25, 0.3) is 5.91 Å². The van der Waals surface area contributed by atoms with Crippen molar-refractivity contribution in [2.24, 2.45) is 16.5 Å². The average molecular weight is 368 g/mol. The number of hydrogen-bond acceptors (Lipinski definition) is 5. The Morgan fingerprint density at radius 2 is 2.04 bits per heavy atom. The van der Waals surface area contributed by atoms with E-state index in [0.29, 0.717) is 16.9 Å². The quantitative estimate of drug-likeness (QED) is 0.327. The first kappa shape index (κ1) is 19.6. The highest BCUT2D eigenvalue weighted by molar-refractivity contribution is 6.26. The molecule has 0 unspecified atom stereocenters. The highest BCUT2D eigenvalue weighted by Gasteiger charge is 2.12. The van der Waals surface area contributed by atoms with Gasteiger partial charge in [0, 0.05) is 18.0 Å². The van der Waals surface area contributed by atoms with Crippen LogP contribution in [0.4, 0.5) is 0 Å². The fourth-order valence-corrected chi connectivity index (χ4v) is 2.17. The number of ether oxygens (including phenoxy) is 2. The Bertz CT molecular complexity index is 859. The number of pyridine rings is 1. The lowest BCUT2D eigenvalue weighted by Gasteiger charge is -2.08. The van der Waals surface area contributed by atoms with Crippen molar-refractivity contribution in [3.8, 4) is 5.75 Å². The van der Waals surface area contributed by atoms with Crippen LogP contribution >= 0.6 is 0 Å². The lowest BCUT2D eigenvalue weighted by molar-refractivity contribution is -0.145. The van der Waals surface area contributed by atoms with Crippen LogP contribution in [-0.4, -0.2) is 36.0 Å². The van der Waals surface area contributed by atoms with Crippen LogP contribution in [0, 0.1) is 0 Å². The van der Waals surface area contributed by atoms with E-state index in [1.807, 2.05) is 0 Å². The van der Waals surface area contributed by atoms with Crippen molar-refractivity contribution in [3.63, 3.8) is 0 Å². The van der Waals surface area contributed by atoms with Crippen molar-refractivity contribution in [2.75, 3.05) is 13.2 Å². The van der Waals surface area contributed by atoms with Gasteiger partial charge < -0.3 is 20.9 Å². The summed E-state index contributed by atoms with van der Waals surface area (Å²) in [7, 11) is 0. The summed E-state index contributed by atoms with van der Waals surface area (Å²) in [6.07, 6.45) is 4.74. The molecule has 0 saturated carbocycles. The number of aliphatic imine (C=N–C) groups is 1. The van der Waals surface area contributed by atoms with Crippen molar-refractivity contribution in [1.29, 1.82) is 0 Å². The Hall–Kier alpha value is -3.68. The lowest BCUT2D eigenvalue weighted by Crippen LogP contribution is -2.24. The molecule has 2 aromatic rings. The number of carbonyl (C=O) groups is 2. The van der Waals surface area contributed by atoms with E-state index in [1.165, 1.54) is 6.20 Å². The minimum absolute atomic E-state index is 0.205. The van der Waals surface area contributed by atoms with E-state index in [1.54, 1.807) is 55.6 Å². The molecule has 0 aliphatic rings. The first-order valence-electron chi connectivity index (χ1n) is 8.14. The third-order valence-corrected chi connectivity index (χ3v) is 3.26.